The molecule has 2 aromatic rings. The number of nitrogens with one attached hydrogen (secondary N) is 1. The summed E-state index contributed by atoms with van der Waals surface area (Å²) in [6.07, 6.45) is 7.96. The first-order chi connectivity index (χ1) is 25.8. The van der Waals surface area contributed by atoms with E-state index < -0.39 is 11.2 Å². The van der Waals surface area contributed by atoms with Crippen LogP contribution in [0.4, 0.5) is 5.69 Å². The molecule has 53 heavy (non-hydrogen) atoms. The van der Waals surface area contributed by atoms with Crippen LogP contribution in [0.1, 0.15) is 75.3 Å². The highest BCUT2D eigenvalue weighted by Crippen LogP contribution is 2.61. The largest absolute Gasteiger partial charge is 0.494 e. The van der Waals surface area contributed by atoms with Gasteiger partial charge in [0.2, 0.25) is 5.91 Å². The zero-order valence-electron chi connectivity index (χ0n) is 30.8. The van der Waals surface area contributed by atoms with Crippen molar-refractivity contribution in [3.8, 4) is 17.2 Å². The first kappa shape index (κ1) is 40.0. The molecule has 6 rings (SSSR count). The molecule has 0 spiro atoms. The maximum absolute atomic E-state index is 13.2. The molecule has 2 fully saturated rings. The maximum atomic E-state index is 13.2. The van der Waals surface area contributed by atoms with Crippen molar-refractivity contribution in [2.75, 3.05) is 70.5 Å². The highest BCUT2D eigenvalue weighted by Gasteiger charge is 2.54. The Bertz CT molecular complexity index is 1510. The van der Waals surface area contributed by atoms with Crippen LogP contribution in [-0.2, 0) is 30.2 Å². The van der Waals surface area contributed by atoms with Gasteiger partial charge in [-0.2, -0.15) is 0 Å². The van der Waals surface area contributed by atoms with E-state index in [0.29, 0.717) is 87.8 Å². The summed E-state index contributed by atoms with van der Waals surface area (Å²) in [7, 11) is 2.79. The van der Waals surface area contributed by atoms with Gasteiger partial charge in [-0.1, -0.05) is 34.6 Å². The Labute approximate surface area is 320 Å². The molecule has 1 amide bonds. The van der Waals surface area contributed by atoms with Crippen molar-refractivity contribution in [3.63, 3.8) is 0 Å². The number of benzene rings is 2. The Balaban J connectivity index is 0.930. The minimum absolute atomic E-state index is 0.0950. The number of hydrogen-bond acceptors (Lipinski definition) is 11. The predicted octanol–water partition coefficient (Wildman–Crippen LogP) is 6.75. The van der Waals surface area contributed by atoms with Crippen LogP contribution in [0.25, 0.3) is 0 Å². The number of rotatable bonds is 12. The SMILES string of the molecule is C[C@]12CC[C@@H]3c4ccc(OCCCCSSC(CC(=O)O)C(=O)Nc5ccc6c(c5)OCCOCCOCCOCCO6)cc4CC[C@H]3[C@@H]1CC[C@@H]2O. The second-order valence-corrected chi connectivity index (χ2v) is 17.3. The zero-order chi connectivity index (χ0) is 37.0. The number of aliphatic hydroxyl groups is 1. The van der Waals surface area contributed by atoms with E-state index in [1.54, 1.807) is 18.2 Å². The number of carboxylic acids is 1. The highest BCUT2D eigenvalue weighted by atomic mass is 33.1. The standard InChI is InChI=1S/C40H55NO10S2/c1-40-13-12-31-30-8-6-29(24-27(30)4-7-32(31)33(40)9-11-37(40)42)49-14-2-3-23-52-53-36(26-38(43)44)39(45)41-28-5-10-34-35(25-28)51-22-20-48-18-16-46-15-17-47-19-21-50-34/h5-6,8,10,24-25,31-33,36-37,42H,2-4,7,9,11-23,26H2,1H3,(H,41,45)(H,43,44)/t31-,32-,33+,36?,37+,40+/m1/s1. The summed E-state index contributed by atoms with van der Waals surface area (Å²) < 4.78 is 34.4. The Morgan fingerprint density at radius 3 is 2.40 bits per heavy atom. The summed E-state index contributed by atoms with van der Waals surface area (Å²) in [4.78, 5) is 24.9. The number of carboxylic acid groups (broad SMARTS) is 1. The van der Waals surface area contributed by atoms with Gasteiger partial charge in [-0.15, -0.1) is 0 Å². The van der Waals surface area contributed by atoms with Gasteiger partial charge in [0, 0.05) is 17.5 Å². The molecule has 1 unspecified atom stereocenters. The van der Waals surface area contributed by atoms with Crippen LogP contribution in [0.15, 0.2) is 36.4 Å². The van der Waals surface area contributed by atoms with E-state index >= 15 is 0 Å². The van der Waals surface area contributed by atoms with Crippen molar-refractivity contribution >= 4 is 39.2 Å². The molecule has 4 aliphatic rings. The lowest BCUT2D eigenvalue weighted by Gasteiger charge is -2.50. The van der Waals surface area contributed by atoms with Gasteiger partial charge < -0.3 is 44.0 Å². The van der Waals surface area contributed by atoms with Crippen molar-refractivity contribution in [3.05, 3.63) is 47.5 Å². The summed E-state index contributed by atoms with van der Waals surface area (Å²) >= 11 is 0. The molecular weight excluding hydrogens is 719 g/mol. The monoisotopic (exact) mass is 773 g/mol. The lowest BCUT2D eigenvalue weighted by molar-refractivity contribution is -0.138. The molecule has 0 bridgehead atoms. The molecule has 0 saturated heterocycles. The Hall–Kier alpha value is -2.68. The number of carbonyl (C=O) groups is 2. The first-order valence-electron chi connectivity index (χ1n) is 19.2. The lowest BCUT2D eigenvalue weighted by Crippen LogP contribution is -2.43. The van der Waals surface area contributed by atoms with E-state index in [4.69, 9.17) is 28.4 Å². The van der Waals surface area contributed by atoms with E-state index in [0.717, 1.165) is 56.4 Å². The van der Waals surface area contributed by atoms with Gasteiger partial charge in [-0.05, 0) is 110 Å². The predicted molar refractivity (Wildman–Crippen MR) is 206 cm³/mol. The van der Waals surface area contributed by atoms with Gasteiger partial charge in [0.15, 0.2) is 11.5 Å². The van der Waals surface area contributed by atoms with Gasteiger partial charge in [0.25, 0.3) is 0 Å². The molecule has 1 aliphatic heterocycles. The zero-order valence-corrected chi connectivity index (χ0v) is 32.4. The second-order valence-electron chi connectivity index (χ2n) is 14.7. The van der Waals surface area contributed by atoms with E-state index in [-0.39, 0.29) is 30.5 Å². The molecule has 13 heteroatoms. The number of anilines is 1. The summed E-state index contributed by atoms with van der Waals surface area (Å²) in [5.74, 6) is 3.13. The van der Waals surface area contributed by atoms with Crippen molar-refractivity contribution in [2.45, 2.75) is 82.0 Å². The number of aliphatic hydroxyl groups excluding tert-OH is 1. The molecular formula is C40H55NO10S2. The van der Waals surface area contributed by atoms with E-state index in [1.165, 1.54) is 39.1 Å². The summed E-state index contributed by atoms with van der Waals surface area (Å²) in [5.41, 5.74) is 3.49. The number of unbranched alkanes of at least 4 members (excludes halogenated alkanes) is 1. The van der Waals surface area contributed by atoms with Crippen LogP contribution >= 0.6 is 21.6 Å². The smallest absolute Gasteiger partial charge is 0.305 e. The fraction of sp³-hybridized carbons (Fsp3) is 0.650. The first-order valence-corrected chi connectivity index (χ1v) is 21.6. The molecule has 3 aliphatic carbocycles. The topological polar surface area (TPSA) is 142 Å². The lowest BCUT2D eigenvalue weighted by atomic mass is 9.55. The average Bonchev–Trinajstić information content (AvgIpc) is 3.45. The Kier molecular flexibility index (Phi) is 14.9. The average molecular weight is 774 g/mol. The summed E-state index contributed by atoms with van der Waals surface area (Å²) in [5, 5.41) is 22.3. The molecule has 11 nitrogen and oxygen atoms in total. The minimum atomic E-state index is -1.03. The normalized spacial score (nSPS) is 26.8. The minimum Gasteiger partial charge on any atom is -0.494 e. The van der Waals surface area contributed by atoms with Crippen LogP contribution < -0.4 is 19.5 Å². The van der Waals surface area contributed by atoms with E-state index in [9.17, 15) is 19.8 Å². The van der Waals surface area contributed by atoms with Gasteiger partial charge in [0.05, 0.1) is 58.8 Å². The van der Waals surface area contributed by atoms with Crippen molar-refractivity contribution in [1.29, 1.82) is 0 Å². The molecule has 3 N–H and O–H groups in total. The summed E-state index contributed by atoms with van der Waals surface area (Å²) in [6.45, 7) is 6.14. The molecule has 0 aromatic heterocycles. The number of fused-ring (bicyclic) bond motifs is 6. The van der Waals surface area contributed by atoms with Gasteiger partial charge >= 0.3 is 5.97 Å². The van der Waals surface area contributed by atoms with E-state index in [2.05, 4.69) is 30.4 Å². The fourth-order valence-electron chi connectivity index (χ4n) is 8.54. The van der Waals surface area contributed by atoms with Crippen LogP contribution in [0.5, 0.6) is 17.2 Å². The van der Waals surface area contributed by atoms with Crippen molar-refractivity contribution in [2.24, 2.45) is 17.3 Å². The second kappa shape index (κ2) is 19.8. The Morgan fingerprint density at radius 2 is 1.64 bits per heavy atom. The van der Waals surface area contributed by atoms with Gasteiger partial charge in [-0.25, -0.2) is 0 Å². The quantitative estimate of drug-likeness (QED) is 0.155. The van der Waals surface area contributed by atoms with E-state index in [1.807, 2.05) is 0 Å². The number of aryl methyl sites for hydroxylation is 1. The third-order valence-corrected chi connectivity index (χ3v) is 14.1. The van der Waals surface area contributed by atoms with Crippen molar-refractivity contribution in [1.82, 2.24) is 0 Å². The molecule has 2 aromatic carbocycles. The molecule has 1 heterocycles. The van der Waals surface area contributed by atoms with Crippen LogP contribution in [0.2, 0.25) is 0 Å². The Morgan fingerprint density at radius 1 is 0.906 bits per heavy atom. The van der Waals surface area contributed by atoms with Crippen molar-refractivity contribution < 1.29 is 48.2 Å². The number of aliphatic carboxylic acids is 1. The number of ether oxygens (including phenoxy) is 6. The number of carbonyl (C=O) groups excluding carboxylic acids is 1. The van der Waals surface area contributed by atoms with Gasteiger partial charge in [-0.3, -0.25) is 9.59 Å². The third kappa shape index (κ3) is 10.8. The van der Waals surface area contributed by atoms with Crippen LogP contribution in [-0.4, -0.2) is 98.7 Å². The number of hydrogen-bond donors (Lipinski definition) is 3. The maximum Gasteiger partial charge on any atom is 0.305 e. The third-order valence-electron chi connectivity index (χ3n) is 11.3. The fourth-order valence-corrected chi connectivity index (χ4v) is 11.1. The molecule has 0 radical (unpaired) electrons. The highest BCUT2D eigenvalue weighted by molar-refractivity contribution is 8.77. The van der Waals surface area contributed by atoms with Crippen LogP contribution in [0.3, 0.4) is 0 Å². The van der Waals surface area contributed by atoms with Gasteiger partial charge in [0.1, 0.15) is 24.2 Å². The summed E-state index contributed by atoms with van der Waals surface area (Å²) in [6, 6.07) is 11.8. The molecule has 292 valence electrons. The van der Waals surface area contributed by atoms with Crippen LogP contribution in [0, 0.1) is 17.3 Å². The molecule has 6 atom stereocenters. The number of amides is 1. The molecule has 2 saturated carbocycles.